The van der Waals surface area contributed by atoms with E-state index in [4.69, 9.17) is 5.11 Å². The third-order valence-electron chi connectivity index (χ3n) is 12.4. The minimum absolute atomic E-state index is 0.0652. The molecule has 0 fully saturated rings. The Labute approximate surface area is 410 Å². The second-order valence-electron chi connectivity index (χ2n) is 18.1. The molecule has 2 heterocycles. The number of rotatable bonds is 36. The number of carbonyl (C=O) groups excluding carboxylic acids is 5. The van der Waals surface area contributed by atoms with E-state index in [0.29, 0.717) is 17.7 Å². The van der Waals surface area contributed by atoms with Gasteiger partial charge in [-0.25, -0.2) is 9.78 Å². The lowest BCUT2D eigenvalue weighted by atomic mass is 10.0. The number of amides is 5. The van der Waals surface area contributed by atoms with Crippen molar-refractivity contribution in [1.29, 1.82) is 0 Å². The van der Waals surface area contributed by atoms with Crippen LogP contribution in [0.15, 0.2) is 73.3 Å². The Balaban J connectivity index is 1.42. The number of aliphatic carboxylic acids is 2. The molecule has 4 aromatic rings. The number of para-hydroxylation sites is 1. The van der Waals surface area contributed by atoms with Crippen LogP contribution in [-0.4, -0.2) is 109 Å². The minimum Gasteiger partial charge on any atom is -0.481 e. The normalized spacial score (nSPS) is 13.3. The van der Waals surface area contributed by atoms with Gasteiger partial charge < -0.3 is 51.9 Å². The monoisotopic (exact) mass is 971 g/mol. The molecule has 18 heteroatoms. The summed E-state index contributed by atoms with van der Waals surface area (Å²) >= 11 is 0. The molecule has 0 unspecified atom stereocenters. The third-order valence-corrected chi connectivity index (χ3v) is 12.4. The summed E-state index contributed by atoms with van der Waals surface area (Å²) in [7, 11) is 0. The van der Waals surface area contributed by atoms with E-state index >= 15 is 0 Å². The van der Waals surface area contributed by atoms with Crippen LogP contribution >= 0.6 is 0 Å². The van der Waals surface area contributed by atoms with Crippen molar-refractivity contribution in [2.24, 2.45) is 0 Å². The lowest BCUT2D eigenvalue weighted by molar-refractivity contribution is -0.143. The van der Waals surface area contributed by atoms with Gasteiger partial charge in [0, 0.05) is 61.1 Å². The number of aliphatic hydroxyl groups is 1. The molecule has 0 aliphatic rings. The topological polar surface area (TPSA) is 285 Å². The Morgan fingerprint density at radius 3 is 1.63 bits per heavy atom. The van der Waals surface area contributed by atoms with Crippen LogP contribution in [0.25, 0.3) is 10.9 Å². The summed E-state index contributed by atoms with van der Waals surface area (Å²) in [5.74, 6) is -6.56. The van der Waals surface area contributed by atoms with Gasteiger partial charge in [0.2, 0.25) is 29.5 Å². The van der Waals surface area contributed by atoms with Crippen LogP contribution < -0.4 is 26.6 Å². The maximum atomic E-state index is 14.3. The fraction of sp³-hybridized carbons (Fsp3) is 0.538. The predicted octanol–water partition coefficient (Wildman–Crippen LogP) is 5.55. The Hall–Kier alpha value is -6.56. The number of aromatic nitrogens is 3. The van der Waals surface area contributed by atoms with Gasteiger partial charge >= 0.3 is 11.9 Å². The largest absolute Gasteiger partial charge is 0.481 e. The Morgan fingerprint density at radius 1 is 0.557 bits per heavy atom. The van der Waals surface area contributed by atoms with E-state index in [1.165, 1.54) is 83.2 Å². The number of aromatic amines is 2. The first-order valence-electron chi connectivity index (χ1n) is 25.0. The zero-order chi connectivity index (χ0) is 50.5. The molecule has 0 saturated heterocycles. The summed E-state index contributed by atoms with van der Waals surface area (Å²) in [6.07, 6.45) is 21.4. The second kappa shape index (κ2) is 31.5. The van der Waals surface area contributed by atoms with Gasteiger partial charge in [0.25, 0.3) is 0 Å². The average Bonchev–Trinajstić information content (AvgIpc) is 4.02. The molecular weight excluding hydrogens is 897 g/mol. The number of carboxylic acids is 2. The molecule has 0 radical (unpaired) electrons. The highest BCUT2D eigenvalue weighted by molar-refractivity contribution is 5.97. The molecule has 2 aromatic carbocycles. The van der Waals surface area contributed by atoms with Crippen LogP contribution in [0, 0.1) is 0 Å². The van der Waals surface area contributed by atoms with Crippen molar-refractivity contribution in [2.75, 3.05) is 6.61 Å². The van der Waals surface area contributed by atoms with Crippen molar-refractivity contribution >= 4 is 52.4 Å². The molecule has 0 aliphatic heterocycles. The van der Waals surface area contributed by atoms with E-state index in [-0.39, 0.29) is 31.6 Å². The van der Waals surface area contributed by atoms with E-state index < -0.39 is 85.2 Å². The number of carbonyl (C=O) groups is 7. The fourth-order valence-electron chi connectivity index (χ4n) is 8.35. The number of carboxylic acid groups (broad SMARTS) is 2. The summed E-state index contributed by atoms with van der Waals surface area (Å²) in [5.41, 5.74) is 2.58. The quantitative estimate of drug-likeness (QED) is 0.0252. The molecule has 5 atom stereocenters. The highest BCUT2D eigenvalue weighted by atomic mass is 16.4. The molecule has 18 nitrogen and oxygen atoms in total. The summed E-state index contributed by atoms with van der Waals surface area (Å²) in [4.78, 5) is 102. The van der Waals surface area contributed by atoms with Crippen LogP contribution in [0.4, 0.5) is 0 Å². The maximum absolute atomic E-state index is 14.3. The van der Waals surface area contributed by atoms with E-state index in [2.05, 4.69) is 48.5 Å². The second-order valence-corrected chi connectivity index (χ2v) is 18.1. The molecule has 0 saturated carbocycles. The first kappa shape index (κ1) is 56.0. The molecule has 382 valence electrons. The Morgan fingerprint density at radius 2 is 1.07 bits per heavy atom. The van der Waals surface area contributed by atoms with Gasteiger partial charge in [-0.2, -0.15) is 0 Å². The number of hydrogen-bond acceptors (Lipinski definition) is 9. The number of nitrogens with zero attached hydrogens (tertiary/aromatic N) is 1. The van der Waals surface area contributed by atoms with Crippen LogP contribution in [0.1, 0.15) is 139 Å². The summed E-state index contributed by atoms with van der Waals surface area (Å²) in [5, 5.41) is 42.9. The van der Waals surface area contributed by atoms with Gasteiger partial charge in [0.1, 0.15) is 30.2 Å². The summed E-state index contributed by atoms with van der Waals surface area (Å²) < 4.78 is 0. The zero-order valence-electron chi connectivity index (χ0n) is 40.5. The first-order valence-corrected chi connectivity index (χ1v) is 25.0. The van der Waals surface area contributed by atoms with Gasteiger partial charge in [-0.3, -0.25) is 28.8 Å². The van der Waals surface area contributed by atoms with Crippen molar-refractivity contribution in [1.82, 2.24) is 41.5 Å². The van der Waals surface area contributed by atoms with E-state index in [1.54, 1.807) is 6.20 Å². The maximum Gasteiger partial charge on any atom is 0.326 e. The average molecular weight is 971 g/mol. The van der Waals surface area contributed by atoms with Gasteiger partial charge in [-0.05, 0) is 30.0 Å². The van der Waals surface area contributed by atoms with Crippen molar-refractivity contribution in [3.05, 3.63) is 90.1 Å². The van der Waals surface area contributed by atoms with Gasteiger partial charge in [0.15, 0.2) is 0 Å². The van der Waals surface area contributed by atoms with Gasteiger partial charge in [0.05, 0.1) is 12.9 Å². The number of benzene rings is 2. The Bertz CT molecular complexity index is 2220. The molecule has 10 N–H and O–H groups in total. The Kier molecular flexibility index (Phi) is 25.3. The third kappa shape index (κ3) is 20.6. The lowest BCUT2D eigenvalue weighted by Crippen LogP contribution is -2.60. The SMILES string of the molecule is CCCCCCCCCCCCCCCCCC(=O)N[C@@H](Cc1ccccc1)C(=O)N[C@@H](Cc1c[nH]c2ccccc12)C(=O)N[C@@H](CO)C(=O)N[C@@H](Cc1cnc[nH]1)C(=O)N[C@@H](CCC(=O)O)C(=O)O. The van der Waals surface area contributed by atoms with Crippen LogP contribution in [0.3, 0.4) is 0 Å². The summed E-state index contributed by atoms with van der Waals surface area (Å²) in [6.45, 7) is 1.30. The number of nitrogens with one attached hydrogen (secondary N) is 7. The molecule has 0 spiro atoms. The molecule has 5 amide bonds. The highest BCUT2D eigenvalue weighted by Crippen LogP contribution is 2.20. The minimum atomic E-state index is -1.66. The van der Waals surface area contributed by atoms with E-state index in [9.17, 15) is 43.8 Å². The van der Waals surface area contributed by atoms with Crippen molar-refractivity contribution in [3.8, 4) is 0 Å². The number of hydrogen-bond donors (Lipinski definition) is 10. The standard InChI is InChI=1S/C52H74N8O10/c1-2-3-4-5-6-7-8-9-10-11-12-13-14-15-19-26-46(62)56-42(29-36-22-17-16-18-23-36)48(65)58-43(30-37-32-54-40-25-21-20-24-39(37)40)49(66)60-45(34-61)51(68)59-44(31-38-33-53-35-55-38)50(67)57-41(52(69)70)27-28-47(63)64/h16-18,20-25,32-33,35,41-45,54,61H,2-15,19,26-31,34H2,1H3,(H,53,55)(H,56,62)(H,57,67)(H,58,65)(H,59,68)(H,60,66)(H,63,64)(H,69,70)/t41-,42-,43-,44-,45-/m0/s1. The first-order chi connectivity index (χ1) is 33.9. The van der Waals surface area contributed by atoms with Gasteiger partial charge in [-0.15, -0.1) is 0 Å². The molecular formula is C52H74N8O10. The van der Waals surface area contributed by atoms with E-state index in [1.807, 2.05) is 54.6 Å². The number of aliphatic hydroxyl groups excluding tert-OH is 1. The van der Waals surface area contributed by atoms with Crippen molar-refractivity contribution in [3.63, 3.8) is 0 Å². The van der Waals surface area contributed by atoms with Crippen molar-refractivity contribution in [2.45, 2.75) is 172 Å². The molecule has 0 aliphatic carbocycles. The smallest absolute Gasteiger partial charge is 0.326 e. The predicted molar refractivity (Wildman–Crippen MR) is 265 cm³/mol. The number of fused-ring (bicyclic) bond motifs is 1. The van der Waals surface area contributed by atoms with Crippen LogP contribution in [-0.2, 0) is 52.8 Å². The number of imidazole rings is 1. The lowest BCUT2D eigenvalue weighted by Gasteiger charge is -2.26. The van der Waals surface area contributed by atoms with Crippen LogP contribution in [0.2, 0.25) is 0 Å². The van der Waals surface area contributed by atoms with Crippen LogP contribution in [0.5, 0.6) is 0 Å². The number of unbranched alkanes of at least 4 members (excludes halogenated alkanes) is 14. The summed E-state index contributed by atoms with van der Waals surface area (Å²) in [6, 6.07) is 9.36. The zero-order valence-corrected chi connectivity index (χ0v) is 40.5. The van der Waals surface area contributed by atoms with Crippen molar-refractivity contribution < 1.29 is 48.9 Å². The van der Waals surface area contributed by atoms with E-state index in [0.717, 1.165) is 35.7 Å². The molecule has 70 heavy (non-hydrogen) atoms. The van der Waals surface area contributed by atoms with Gasteiger partial charge in [-0.1, -0.05) is 145 Å². The molecule has 4 rings (SSSR count). The fourth-order valence-corrected chi connectivity index (χ4v) is 8.35. The number of H-pyrrole nitrogens is 2. The molecule has 0 bridgehead atoms. The molecule has 2 aromatic heterocycles. The highest BCUT2D eigenvalue weighted by Gasteiger charge is 2.33.